The number of hydrogen-bond acceptors (Lipinski definition) is 5. The number of fused-ring (bicyclic) bond motifs is 1. The fraction of sp³-hybridized carbons (Fsp3) is 0.667. The first-order valence-corrected chi connectivity index (χ1v) is 10.5. The minimum absolute atomic E-state index is 0.0918. The third kappa shape index (κ3) is 6.16. The van der Waals surface area contributed by atoms with E-state index in [4.69, 9.17) is 14.6 Å². The molecule has 0 unspecified atom stereocenters. The zero-order valence-corrected chi connectivity index (χ0v) is 17.5. The van der Waals surface area contributed by atoms with Crippen molar-refractivity contribution < 1.29 is 32.6 Å². The molecule has 1 aromatic rings. The third-order valence-electron chi connectivity index (χ3n) is 5.98. The van der Waals surface area contributed by atoms with Crippen molar-refractivity contribution in [1.29, 1.82) is 0 Å². The standard InChI is InChI=1S/C19H27N3O2.C2HF3O2/c1-14-5-4-6-15(20-14)11-21-12-17(16-7-10-24-18(16)13-21)19(23)22-8-2-3-9-22;3-2(4,5)1(6)7/h4-6,16-18H,2-3,7-13H2,1H3;(H,6,7)/t16-,17+,18+;/m0./s1. The summed E-state index contributed by atoms with van der Waals surface area (Å²) in [5.74, 6) is -1.91. The number of hydrogen-bond donors (Lipinski definition) is 1. The maximum absolute atomic E-state index is 13.0. The minimum atomic E-state index is -5.08. The van der Waals surface area contributed by atoms with Gasteiger partial charge in [-0.1, -0.05) is 6.07 Å². The molecule has 3 aliphatic rings. The molecule has 3 atom stereocenters. The number of carboxylic acids is 1. The van der Waals surface area contributed by atoms with E-state index in [-0.39, 0.29) is 12.0 Å². The van der Waals surface area contributed by atoms with Gasteiger partial charge in [-0.05, 0) is 38.3 Å². The van der Waals surface area contributed by atoms with Crippen molar-refractivity contribution in [3.63, 3.8) is 0 Å². The zero-order chi connectivity index (χ0) is 22.6. The van der Waals surface area contributed by atoms with Gasteiger partial charge in [0, 0.05) is 50.9 Å². The summed E-state index contributed by atoms with van der Waals surface area (Å²) in [4.78, 5) is 31.0. The van der Waals surface area contributed by atoms with E-state index in [2.05, 4.69) is 26.9 Å². The number of rotatable bonds is 3. The molecular weight excluding hydrogens is 415 g/mol. The average Bonchev–Trinajstić information content (AvgIpc) is 3.38. The molecular formula is C21H28F3N3O4. The predicted octanol–water partition coefficient (Wildman–Crippen LogP) is 2.48. The van der Waals surface area contributed by atoms with Gasteiger partial charge >= 0.3 is 12.1 Å². The Hall–Kier alpha value is -2.20. The van der Waals surface area contributed by atoms with Crippen molar-refractivity contribution in [2.24, 2.45) is 11.8 Å². The van der Waals surface area contributed by atoms with E-state index in [1.807, 2.05) is 13.0 Å². The summed E-state index contributed by atoms with van der Waals surface area (Å²) in [5.41, 5.74) is 2.13. The first kappa shape index (κ1) is 23.5. The second kappa shape index (κ2) is 9.95. The number of carbonyl (C=O) groups excluding carboxylic acids is 1. The average molecular weight is 443 g/mol. The summed E-state index contributed by atoms with van der Waals surface area (Å²) in [6.45, 7) is 7.27. The predicted molar refractivity (Wildman–Crippen MR) is 105 cm³/mol. The van der Waals surface area contributed by atoms with Crippen LogP contribution < -0.4 is 0 Å². The number of halogens is 3. The Kier molecular flexibility index (Phi) is 7.53. The number of alkyl halides is 3. The number of piperidine rings is 1. The number of aryl methyl sites for hydroxylation is 1. The van der Waals surface area contributed by atoms with E-state index in [0.717, 1.165) is 70.0 Å². The molecule has 7 nitrogen and oxygen atoms in total. The molecule has 4 rings (SSSR count). The van der Waals surface area contributed by atoms with Gasteiger partial charge in [0.2, 0.25) is 5.91 Å². The van der Waals surface area contributed by atoms with Crippen molar-refractivity contribution >= 4 is 11.9 Å². The van der Waals surface area contributed by atoms with Crippen LogP contribution in [0.1, 0.15) is 30.7 Å². The number of likely N-dealkylation sites (tertiary alicyclic amines) is 2. The Labute approximate surface area is 179 Å². The summed E-state index contributed by atoms with van der Waals surface area (Å²) in [5, 5.41) is 7.12. The second-order valence-electron chi connectivity index (χ2n) is 8.27. The fourth-order valence-electron chi connectivity index (χ4n) is 4.53. The molecule has 4 heterocycles. The summed E-state index contributed by atoms with van der Waals surface area (Å²) < 4.78 is 37.7. The lowest BCUT2D eigenvalue weighted by Crippen LogP contribution is -2.52. The highest BCUT2D eigenvalue weighted by molar-refractivity contribution is 5.80. The highest BCUT2D eigenvalue weighted by Crippen LogP contribution is 2.35. The van der Waals surface area contributed by atoms with E-state index in [1.165, 1.54) is 0 Å². The van der Waals surface area contributed by atoms with Crippen LogP contribution in [-0.4, -0.2) is 76.8 Å². The molecule has 3 saturated heterocycles. The number of aromatic nitrogens is 1. The molecule has 172 valence electrons. The maximum Gasteiger partial charge on any atom is 0.490 e. The number of pyridine rings is 1. The number of nitrogens with zero attached hydrogens (tertiary/aromatic N) is 3. The smallest absolute Gasteiger partial charge is 0.475 e. The third-order valence-corrected chi connectivity index (χ3v) is 5.98. The van der Waals surface area contributed by atoms with Crippen LogP contribution in [0.5, 0.6) is 0 Å². The van der Waals surface area contributed by atoms with E-state index < -0.39 is 12.1 Å². The van der Waals surface area contributed by atoms with Crippen LogP contribution >= 0.6 is 0 Å². The first-order valence-electron chi connectivity index (χ1n) is 10.5. The molecule has 3 fully saturated rings. The van der Waals surface area contributed by atoms with E-state index in [9.17, 15) is 18.0 Å². The SMILES string of the molecule is Cc1cccc(CN2C[C@H]3OCC[C@H]3[C@H](C(=O)N3CCCC3)C2)n1.O=C(O)C(F)(F)F. The molecule has 0 bridgehead atoms. The van der Waals surface area contributed by atoms with Crippen LogP contribution in [0.3, 0.4) is 0 Å². The minimum Gasteiger partial charge on any atom is -0.475 e. The van der Waals surface area contributed by atoms with Gasteiger partial charge in [0.05, 0.1) is 17.7 Å². The number of carboxylic acid groups (broad SMARTS) is 1. The van der Waals surface area contributed by atoms with Crippen LogP contribution in [0.2, 0.25) is 0 Å². The van der Waals surface area contributed by atoms with Crippen molar-refractivity contribution in [1.82, 2.24) is 14.8 Å². The van der Waals surface area contributed by atoms with Crippen molar-refractivity contribution in [3.8, 4) is 0 Å². The number of aliphatic carboxylic acids is 1. The quantitative estimate of drug-likeness (QED) is 0.773. The van der Waals surface area contributed by atoms with E-state index in [1.54, 1.807) is 0 Å². The van der Waals surface area contributed by atoms with E-state index >= 15 is 0 Å². The van der Waals surface area contributed by atoms with Gasteiger partial charge in [0.25, 0.3) is 0 Å². The lowest BCUT2D eigenvalue weighted by molar-refractivity contribution is -0.192. The Balaban J connectivity index is 0.000000339. The van der Waals surface area contributed by atoms with Gasteiger partial charge in [0.15, 0.2) is 0 Å². The van der Waals surface area contributed by atoms with Gasteiger partial charge in [-0.2, -0.15) is 13.2 Å². The second-order valence-corrected chi connectivity index (χ2v) is 8.27. The Morgan fingerprint density at radius 2 is 1.90 bits per heavy atom. The Bertz CT molecular complexity index is 783. The van der Waals surface area contributed by atoms with Gasteiger partial charge in [-0.25, -0.2) is 4.79 Å². The molecule has 10 heteroatoms. The summed E-state index contributed by atoms with van der Waals surface area (Å²) >= 11 is 0. The molecule has 31 heavy (non-hydrogen) atoms. The largest absolute Gasteiger partial charge is 0.490 e. The molecule has 1 N–H and O–H groups in total. The van der Waals surface area contributed by atoms with Crippen LogP contribution in [0.15, 0.2) is 18.2 Å². The summed E-state index contributed by atoms with van der Waals surface area (Å²) in [6.07, 6.45) is -1.54. The molecule has 3 aliphatic heterocycles. The highest BCUT2D eigenvalue weighted by Gasteiger charge is 2.45. The molecule has 0 radical (unpaired) electrons. The Morgan fingerprint density at radius 3 is 2.52 bits per heavy atom. The van der Waals surface area contributed by atoms with Crippen LogP contribution in [0.25, 0.3) is 0 Å². The van der Waals surface area contributed by atoms with Crippen LogP contribution in [0, 0.1) is 18.8 Å². The number of carbonyl (C=O) groups is 2. The maximum atomic E-state index is 13.0. The van der Waals surface area contributed by atoms with Crippen LogP contribution in [-0.2, 0) is 20.9 Å². The van der Waals surface area contributed by atoms with Gasteiger partial charge in [-0.3, -0.25) is 14.7 Å². The van der Waals surface area contributed by atoms with Crippen molar-refractivity contribution in [3.05, 3.63) is 29.6 Å². The van der Waals surface area contributed by atoms with Crippen LogP contribution in [0.4, 0.5) is 13.2 Å². The number of amides is 1. The lowest BCUT2D eigenvalue weighted by Gasteiger charge is -2.40. The number of ether oxygens (including phenoxy) is 1. The van der Waals surface area contributed by atoms with Gasteiger partial charge in [0.1, 0.15) is 0 Å². The topological polar surface area (TPSA) is 83.0 Å². The van der Waals surface area contributed by atoms with Gasteiger partial charge < -0.3 is 14.7 Å². The fourth-order valence-corrected chi connectivity index (χ4v) is 4.53. The van der Waals surface area contributed by atoms with Crippen molar-refractivity contribution in [2.75, 3.05) is 32.8 Å². The zero-order valence-electron chi connectivity index (χ0n) is 17.5. The lowest BCUT2D eigenvalue weighted by atomic mass is 9.82. The highest BCUT2D eigenvalue weighted by atomic mass is 19.4. The molecule has 0 aliphatic carbocycles. The summed E-state index contributed by atoms with van der Waals surface area (Å²) in [6, 6.07) is 6.16. The molecule has 1 amide bonds. The monoisotopic (exact) mass is 443 g/mol. The van der Waals surface area contributed by atoms with E-state index in [0.29, 0.717) is 11.8 Å². The molecule has 0 saturated carbocycles. The normalized spacial score (nSPS) is 26.2. The Morgan fingerprint density at radius 1 is 1.23 bits per heavy atom. The molecule has 0 spiro atoms. The first-order chi connectivity index (χ1) is 14.6. The van der Waals surface area contributed by atoms with Gasteiger partial charge in [-0.15, -0.1) is 0 Å². The molecule has 1 aromatic heterocycles. The van der Waals surface area contributed by atoms with Crippen molar-refractivity contribution in [2.45, 2.75) is 45.0 Å². The summed E-state index contributed by atoms with van der Waals surface area (Å²) in [7, 11) is 0. The molecule has 0 aromatic carbocycles.